The molecule has 234 valence electrons. The zero-order chi connectivity index (χ0) is 31.8. The van der Waals surface area contributed by atoms with Crippen molar-refractivity contribution in [2.24, 2.45) is 7.05 Å². The molecule has 0 fully saturated rings. The number of hydrogen-bond donors (Lipinski definition) is 2. The molecular weight excluding hydrogens is 791 g/mol. The zero-order valence-electron chi connectivity index (χ0n) is 26.6. The first kappa shape index (κ1) is 31.8. The second-order valence-corrected chi connectivity index (χ2v) is 11.7. The third kappa shape index (κ3) is 5.14. The Morgan fingerprint density at radius 2 is 0.980 bits per heavy atom. The number of aryl methyl sites for hydroxylation is 1. The van der Waals surface area contributed by atoms with Crippen molar-refractivity contribution in [3.63, 3.8) is 0 Å². The van der Waals surface area contributed by atoms with Gasteiger partial charge in [-0.25, -0.2) is 34.5 Å². The maximum Gasteiger partial charge on any atom is 2.00 e. The summed E-state index contributed by atoms with van der Waals surface area (Å²) in [6, 6.07) is 33.8. The van der Waals surface area contributed by atoms with Crippen molar-refractivity contribution >= 4 is 68.1 Å². The predicted molar refractivity (Wildman–Crippen MR) is 199 cm³/mol. The van der Waals surface area contributed by atoms with Crippen molar-refractivity contribution in [3.05, 3.63) is 116 Å². The molecule has 0 aliphatic carbocycles. The number of nitrogens with zero attached hydrogens (tertiary/aromatic N) is 7. The van der Waals surface area contributed by atoms with Crippen LogP contribution in [0.15, 0.2) is 116 Å². The first-order chi connectivity index (χ1) is 23.7. The number of halogens is 1. The number of hydrogen-bond acceptors (Lipinski definition) is 7. The van der Waals surface area contributed by atoms with Crippen molar-refractivity contribution in [2.75, 3.05) is 0 Å². The quantitative estimate of drug-likeness (QED) is 0.103. The molecule has 4 aromatic heterocycles. The molecule has 0 unspecified atom stereocenters. The SMILES string of the molecule is C[n+]1cccc(Oc2cccc3c4nc5nc(nc6nc(nc7[nH]c(nc([nH]4)c23)c2ccccc72)-c2ccccc2-6)-c2ccccc2-5)c1.I.[Zn+2]. The number of pyridine rings is 1. The fourth-order valence-corrected chi connectivity index (χ4v) is 6.49. The summed E-state index contributed by atoms with van der Waals surface area (Å²) < 4.78 is 8.44. The van der Waals surface area contributed by atoms with Crippen LogP contribution in [-0.4, -0.2) is 39.9 Å². The minimum Gasteiger partial charge on any atom is -0.450 e. The van der Waals surface area contributed by atoms with Crippen LogP contribution in [0.5, 0.6) is 11.5 Å². The van der Waals surface area contributed by atoms with E-state index in [1.54, 1.807) is 0 Å². The molecule has 0 spiro atoms. The monoisotopic (exact) mass is 814 g/mol. The van der Waals surface area contributed by atoms with Crippen LogP contribution in [0, 0.1) is 0 Å². The summed E-state index contributed by atoms with van der Waals surface area (Å²) in [5.41, 5.74) is 6.05. The van der Waals surface area contributed by atoms with Crippen molar-refractivity contribution in [3.8, 4) is 57.1 Å². The van der Waals surface area contributed by atoms with E-state index in [-0.39, 0.29) is 43.5 Å². The Hall–Kier alpha value is -5.46. The van der Waals surface area contributed by atoms with Crippen LogP contribution < -0.4 is 9.30 Å². The Bertz CT molecular complexity index is 2820. The van der Waals surface area contributed by atoms with Crippen LogP contribution in [0.3, 0.4) is 0 Å². The molecule has 0 saturated heterocycles. The molecule has 2 aliphatic rings. The van der Waals surface area contributed by atoms with Crippen LogP contribution in [-0.2, 0) is 26.5 Å². The summed E-state index contributed by atoms with van der Waals surface area (Å²) in [4.78, 5) is 37.3. The van der Waals surface area contributed by atoms with Gasteiger partial charge in [0.1, 0.15) is 35.4 Å². The summed E-state index contributed by atoms with van der Waals surface area (Å²) in [7, 11) is 1.96. The number of nitrogens with one attached hydrogen (secondary N) is 2. The van der Waals surface area contributed by atoms with Gasteiger partial charge in [0.05, 0.1) is 5.39 Å². The Labute approximate surface area is 314 Å². The van der Waals surface area contributed by atoms with Crippen molar-refractivity contribution in [1.29, 1.82) is 0 Å². The van der Waals surface area contributed by atoms with Gasteiger partial charge in [0.25, 0.3) is 0 Å². The fraction of sp³-hybridized carbons (Fsp3) is 0.0263. The van der Waals surface area contributed by atoms with Gasteiger partial charge < -0.3 is 14.7 Å². The van der Waals surface area contributed by atoms with E-state index in [2.05, 4.69) is 9.97 Å². The van der Waals surface area contributed by atoms with Gasteiger partial charge in [-0.15, -0.1) is 24.0 Å². The Balaban J connectivity index is 0.00000180. The van der Waals surface area contributed by atoms with Crippen molar-refractivity contribution in [1.82, 2.24) is 39.9 Å². The number of benzene rings is 4. The van der Waals surface area contributed by atoms with Crippen LogP contribution in [0.25, 0.3) is 89.7 Å². The van der Waals surface area contributed by atoms with Gasteiger partial charge in [0.15, 0.2) is 35.2 Å². The minimum absolute atomic E-state index is 0. The second-order valence-electron chi connectivity index (χ2n) is 11.7. The van der Waals surface area contributed by atoms with E-state index >= 15 is 0 Å². The summed E-state index contributed by atoms with van der Waals surface area (Å²) in [5.74, 6) is 3.54. The van der Waals surface area contributed by atoms with Crippen molar-refractivity contribution < 1.29 is 28.8 Å². The van der Waals surface area contributed by atoms with Crippen LogP contribution >= 0.6 is 24.0 Å². The number of rotatable bonds is 2. The topological polar surface area (TPSA) is 122 Å². The number of fused-ring (bicyclic) bond motifs is 20. The van der Waals surface area contributed by atoms with Crippen LogP contribution in [0.2, 0.25) is 0 Å². The maximum atomic E-state index is 6.49. The van der Waals surface area contributed by atoms with E-state index in [4.69, 9.17) is 34.6 Å². The van der Waals surface area contributed by atoms with E-state index in [0.29, 0.717) is 57.4 Å². The maximum absolute atomic E-state index is 6.49. The second kappa shape index (κ2) is 12.5. The molecule has 10 rings (SSSR count). The van der Waals surface area contributed by atoms with Gasteiger partial charge in [0.2, 0.25) is 6.20 Å². The summed E-state index contributed by atoms with van der Waals surface area (Å²) in [6.07, 6.45) is 3.89. The molecule has 0 atom stereocenters. The van der Waals surface area contributed by atoms with Gasteiger partial charge in [0, 0.05) is 44.5 Å². The third-order valence-corrected chi connectivity index (χ3v) is 8.68. The van der Waals surface area contributed by atoms with Crippen molar-refractivity contribution in [2.45, 2.75) is 0 Å². The fourth-order valence-electron chi connectivity index (χ4n) is 6.49. The van der Waals surface area contributed by atoms with E-state index in [1.807, 2.05) is 127 Å². The normalized spacial score (nSPS) is 11.4. The van der Waals surface area contributed by atoms with E-state index in [9.17, 15) is 0 Å². The molecule has 0 radical (unpaired) electrons. The van der Waals surface area contributed by atoms with Crippen LogP contribution in [0.1, 0.15) is 0 Å². The smallest absolute Gasteiger partial charge is 0.450 e. The number of aromatic nitrogens is 9. The van der Waals surface area contributed by atoms with E-state index < -0.39 is 0 Å². The molecule has 2 N–H and O–H groups in total. The average molecular weight is 816 g/mol. The standard InChI is InChI=1S/C38H24N9O.HI.Zn/c1-47-19-9-10-21(20-47)48-29-18-8-17-28-30(29)38-45-36-27-16-7-6-15-26(27)34(43-36)41-32-23-12-3-2-11-22(23)31(39-32)40-33-24-13-4-5-14-25(24)35(42-33)44-37(28)46-38;;/h2-20H,1H3,(H2,39,40,41,42,43,44,45,46);1H;/q+1;;+2. The summed E-state index contributed by atoms with van der Waals surface area (Å²) in [6.45, 7) is 0. The van der Waals surface area contributed by atoms with Gasteiger partial charge in [-0.2, -0.15) is 0 Å². The first-order valence-electron chi connectivity index (χ1n) is 15.5. The molecule has 10 nitrogen and oxygen atoms in total. The minimum atomic E-state index is 0. The number of H-pyrrole nitrogens is 2. The number of aromatic amines is 2. The largest absolute Gasteiger partial charge is 2.00 e. The van der Waals surface area contributed by atoms with Gasteiger partial charge in [-0.05, 0) is 12.1 Å². The number of ether oxygens (including phenoxy) is 1. The summed E-state index contributed by atoms with van der Waals surface area (Å²) >= 11 is 0. The van der Waals surface area contributed by atoms with E-state index in [1.165, 1.54) is 0 Å². The Morgan fingerprint density at radius 1 is 0.500 bits per heavy atom. The predicted octanol–water partition coefficient (Wildman–Crippen LogP) is 8.10. The molecular formula is C38H25IN9OZn+3. The molecule has 6 heterocycles. The summed E-state index contributed by atoms with van der Waals surface area (Å²) in [5, 5.41) is 3.48. The Kier molecular flexibility index (Phi) is 7.92. The first-order valence-corrected chi connectivity index (χ1v) is 15.5. The molecule has 2 aliphatic heterocycles. The van der Waals surface area contributed by atoms with Crippen LogP contribution in [0.4, 0.5) is 0 Å². The third-order valence-electron chi connectivity index (χ3n) is 8.68. The van der Waals surface area contributed by atoms with E-state index in [0.717, 1.165) is 43.8 Å². The Morgan fingerprint density at radius 3 is 1.56 bits per heavy atom. The van der Waals surface area contributed by atoms with Gasteiger partial charge >= 0.3 is 19.5 Å². The molecule has 8 aromatic rings. The molecule has 8 bridgehead atoms. The molecule has 4 aromatic carbocycles. The molecule has 50 heavy (non-hydrogen) atoms. The average Bonchev–Trinajstić information content (AvgIpc) is 3.84. The molecule has 0 saturated carbocycles. The molecule has 0 amide bonds. The van der Waals surface area contributed by atoms with Gasteiger partial charge in [-0.1, -0.05) is 84.9 Å². The zero-order valence-corrected chi connectivity index (χ0v) is 31.9. The van der Waals surface area contributed by atoms with Gasteiger partial charge in [-0.3, -0.25) is 0 Å². The molecule has 12 heteroatoms.